The van der Waals surface area contributed by atoms with E-state index >= 15 is 0 Å². The zero-order valence-electron chi connectivity index (χ0n) is 10.3. The van der Waals surface area contributed by atoms with Crippen LogP contribution < -0.4 is 10.5 Å². The Hall–Kier alpha value is -2.03. The molecule has 2 aromatic rings. The van der Waals surface area contributed by atoms with Gasteiger partial charge in [0.2, 0.25) is 0 Å². The average molecular weight is 245 g/mol. The van der Waals surface area contributed by atoms with Crippen molar-refractivity contribution < 1.29 is 9.13 Å². The summed E-state index contributed by atoms with van der Waals surface area (Å²) in [7, 11) is 0. The molecule has 18 heavy (non-hydrogen) atoms. The molecule has 94 valence electrons. The van der Waals surface area contributed by atoms with E-state index in [1.54, 1.807) is 12.1 Å². The lowest BCUT2D eigenvalue weighted by Gasteiger charge is -2.10. The number of hydrogen-bond donors (Lipinski definition) is 1. The van der Waals surface area contributed by atoms with Gasteiger partial charge in [0.05, 0.1) is 5.69 Å². The van der Waals surface area contributed by atoms with E-state index in [0.717, 1.165) is 12.0 Å². The number of rotatable bonds is 4. The van der Waals surface area contributed by atoms with Crippen molar-refractivity contribution in [2.75, 3.05) is 5.73 Å². The Balaban J connectivity index is 2.04. The third-order valence-electron chi connectivity index (χ3n) is 2.79. The first-order chi connectivity index (χ1) is 8.69. The zero-order valence-corrected chi connectivity index (χ0v) is 10.3. The van der Waals surface area contributed by atoms with Crippen molar-refractivity contribution in [3.8, 4) is 5.75 Å². The van der Waals surface area contributed by atoms with Crippen molar-refractivity contribution >= 4 is 5.69 Å². The highest BCUT2D eigenvalue weighted by atomic mass is 19.1. The molecular weight excluding hydrogens is 229 g/mol. The second kappa shape index (κ2) is 5.54. The van der Waals surface area contributed by atoms with E-state index in [9.17, 15) is 4.39 Å². The second-order valence-electron chi connectivity index (χ2n) is 4.14. The molecule has 0 aliphatic carbocycles. The number of ether oxygens (including phenoxy) is 1. The minimum Gasteiger partial charge on any atom is -0.487 e. The summed E-state index contributed by atoms with van der Waals surface area (Å²) in [6.07, 6.45) is 0.947. The molecule has 2 rings (SSSR count). The largest absolute Gasteiger partial charge is 0.487 e. The normalized spacial score (nSPS) is 10.3. The van der Waals surface area contributed by atoms with Gasteiger partial charge in [-0.15, -0.1) is 0 Å². The van der Waals surface area contributed by atoms with Gasteiger partial charge >= 0.3 is 0 Å². The van der Waals surface area contributed by atoms with Gasteiger partial charge < -0.3 is 10.5 Å². The van der Waals surface area contributed by atoms with Crippen LogP contribution in [0.1, 0.15) is 18.1 Å². The number of benzene rings is 2. The summed E-state index contributed by atoms with van der Waals surface area (Å²) in [4.78, 5) is 0. The monoisotopic (exact) mass is 245 g/mol. The second-order valence-corrected chi connectivity index (χ2v) is 4.14. The van der Waals surface area contributed by atoms with Crippen LogP contribution in [0.15, 0.2) is 42.5 Å². The Morgan fingerprint density at radius 3 is 2.33 bits per heavy atom. The molecule has 0 aromatic heterocycles. The molecule has 0 aliphatic rings. The molecule has 0 unspecified atom stereocenters. The van der Waals surface area contributed by atoms with Gasteiger partial charge in [-0.2, -0.15) is 0 Å². The molecule has 0 atom stereocenters. The first-order valence-corrected chi connectivity index (χ1v) is 5.94. The predicted molar refractivity (Wildman–Crippen MR) is 71.0 cm³/mol. The lowest BCUT2D eigenvalue weighted by Crippen LogP contribution is -1.99. The molecule has 0 radical (unpaired) electrons. The number of nitrogens with two attached hydrogens (primary N) is 1. The zero-order chi connectivity index (χ0) is 13.0. The maximum atomic E-state index is 12.7. The number of halogens is 1. The molecule has 2 N–H and O–H groups in total. The molecule has 2 nitrogen and oxygen atoms in total. The van der Waals surface area contributed by atoms with Gasteiger partial charge in [-0.1, -0.05) is 25.1 Å². The summed E-state index contributed by atoms with van der Waals surface area (Å²) in [5.41, 5.74) is 8.63. The summed E-state index contributed by atoms with van der Waals surface area (Å²) in [5, 5.41) is 0. The van der Waals surface area contributed by atoms with Crippen LogP contribution >= 0.6 is 0 Å². The van der Waals surface area contributed by atoms with Crippen LogP contribution in [-0.4, -0.2) is 0 Å². The predicted octanol–water partition coefficient (Wildman–Crippen LogP) is 3.55. The van der Waals surface area contributed by atoms with Crippen molar-refractivity contribution in [3.05, 3.63) is 59.4 Å². The van der Waals surface area contributed by atoms with Crippen LogP contribution in [0.2, 0.25) is 0 Å². The van der Waals surface area contributed by atoms with Crippen molar-refractivity contribution in [1.82, 2.24) is 0 Å². The molecule has 0 saturated carbocycles. The SMILES string of the molecule is CCc1ccc(OCc2ccc(F)cc2)c(N)c1. The van der Waals surface area contributed by atoms with Crippen LogP contribution in [0.5, 0.6) is 5.75 Å². The van der Waals surface area contributed by atoms with E-state index in [1.807, 2.05) is 18.2 Å². The van der Waals surface area contributed by atoms with E-state index < -0.39 is 0 Å². The fourth-order valence-corrected chi connectivity index (χ4v) is 1.69. The average Bonchev–Trinajstić information content (AvgIpc) is 2.39. The van der Waals surface area contributed by atoms with E-state index in [-0.39, 0.29) is 5.82 Å². The van der Waals surface area contributed by atoms with Gasteiger partial charge in [0.1, 0.15) is 18.2 Å². The lowest BCUT2D eigenvalue weighted by atomic mass is 10.1. The molecule has 0 amide bonds. The van der Waals surface area contributed by atoms with Gasteiger partial charge in [0.25, 0.3) is 0 Å². The fourth-order valence-electron chi connectivity index (χ4n) is 1.69. The summed E-state index contributed by atoms with van der Waals surface area (Å²) in [6, 6.07) is 12.0. The Morgan fingerprint density at radius 2 is 1.72 bits per heavy atom. The van der Waals surface area contributed by atoms with Crippen LogP contribution in [0.25, 0.3) is 0 Å². The number of hydrogen-bond acceptors (Lipinski definition) is 2. The lowest BCUT2D eigenvalue weighted by molar-refractivity contribution is 0.307. The van der Waals surface area contributed by atoms with Crippen LogP contribution in [0.3, 0.4) is 0 Å². The van der Waals surface area contributed by atoms with E-state index in [4.69, 9.17) is 10.5 Å². The Labute approximate surface area is 106 Å². The minimum absolute atomic E-state index is 0.245. The van der Waals surface area contributed by atoms with Gasteiger partial charge in [-0.25, -0.2) is 4.39 Å². The molecule has 0 aliphatic heterocycles. The van der Waals surface area contributed by atoms with Crippen molar-refractivity contribution in [2.45, 2.75) is 20.0 Å². The van der Waals surface area contributed by atoms with Gasteiger partial charge in [0, 0.05) is 0 Å². The highest BCUT2D eigenvalue weighted by Crippen LogP contribution is 2.23. The first kappa shape index (κ1) is 12.4. The third kappa shape index (κ3) is 3.00. The van der Waals surface area contributed by atoms with Crippen molar-refractivity contribution in [3.63, 3.8) is 0 Å². The summed E-state index contributed by atoms with van der Waals surface area (Å²) >= 11 is 0. The van der Waals surface area contributed by atoms with Crippen molar-refractivity contribution in [2.24, 2.45) is 0 Å². The van der Waals surface area contributed by atoms with E-state index in [2.05, 4.69) is 6.92 Å². The quantitative estimate of drug-likeness (QED) is 0.836. The maximum Gasteiger partial charge on any atom is 0.142 e. The standard InChI is InChI=1S/C15H16FNO/c1-2-11-5-8-15(14(17)9-11)18-10-12-3-6-13(16)7-4-12/h3-9H,2,10,17H2,1H3. The van der Waals surface area contributed by atoms with Gasteiger partial charge in [0.15, 0.2) is 0 Å². The summed E-state index contributed by atoms with van der Waals surface area (Å²) < 4.78 is 18.4. The Kier molecular flexibility index (Phi) is 3.82. The molecule has 2 aromatic carbocycles. The highest BCUT2D eigenvalue weighted by Gasteiger charge is 2.02. The summed E-state index contributed by atoms with van der Waals surface area (Å²) in [6.45, 7) is 2.46. The number of nitrogen functional groups attached to an aromatic ring is 1. The van der Waals surface area contributed by atoms with Crippen molar-refractivity contribution in [1.29, 1.82) is 0 Å². The van der Waals surface area contributed by atoms with E-state index in [0.29, 0.717) is 18.0 Å². The van der Waals surface area contributed by atoms with Crippen LogP contribution in [0, 0.1) is 5.82 Å². The Morgan fingerprint density at radius 1 is 1.06 bits per heavy atom. The Bertz CT molecular complexity index is 523. The summed E-state index contributed by atoms with van der Waals surface area (Å²) in [5.74, 6) is 0.419. The molecule has 0 spiro atoms. The molecule has 0 fully saturated rings. The van der Waals surface area contributed by atoms with Crippen LogP contribution in [0.4, 0.5) is 10.1 Å². The molecule has 0 heterocycles. The topological polar surface area (TPSA) is 35.2 Å². The van der Waals surface area contributed by atoms with Gasteiger partial charge in [-0.05, 0) is 41.8 Å². The molecule has 0 saturated heterocycles. The molecular formula is C15H16FNO. The van der Waals surface area contributed by atoms with E-state index in [1.165, 1.54) is 17.7 Å². The molecule has 0 bridgehead atoms. The highest BCUT2D eigenvalue weighted by molar-refractivity contribution is 5.54. The number of anilines is 1. The maximum absolute atomic E-state index is 12.7. The molecule has 3 heteroatoms. The minimum atomic E-state index is -0.245. The van der Waals surface area contributed by atoms with Crippen LogP contribution in [-0.2, 0) is 13.0 Å². The first-order valence-electron chi connectivity index (χ1n) is 5.94. The smallest absolute Gasteiger partial charge is 0.142 e. The third-order valence-corrected chi connectivity index (χ3v) is 2.79. The van der Waals surface area contributed by atoms with Gasteiger partial charge in [-0.3, -0.25) is 0 Å². The fraction of sp³-hybridized carbons (Fsp3) is 0.200. The number of aryl methyl sites for hydroxylation is 1.